The SMILES string of the molecule is C=C1C=CC=C2C(C)=C(C(C)(C)C)C=CN12. The Kier molecular flexibility index (Phi) is 2.42. The van der Waals surface area contributed by atoms with Crippen molar-refractivity contribution in [2.75, 3.05) is 0 Å². The second-order valence-corrected chi connectivity index (χ2v) is 5.38. The number of hydrogen-bond acceptors (Lipinski definition) is 1. The number of nitrogens with zero attached hydrogens (tertiary/aromatic N) is 1. The zero-order valence-electron chi connectivity index (χ0n) is 10.5. The maximum atomic E-state index is 4.04. The van der Waals surface area contributed by atoms with Gasteiger partial charge >= 0.3 is 0 Å². The molecule has 84 valence electrons. The average molecular weight is 213 g/mol. The van der Waals surface area contributed by atoms with Crippen LogP contribution in [-0.4, -0.2) is 4.90 Å². The predicted octanol–water partition coefficient (Wildman–Crippen LogP) is 4.15. The van der Waals surface area contributed by atoms with Crippen LogP contribution in [0.3, 0.4) is 0 Å². The van der Waals surface area contributed by atoms with Crippen LogP contribution in [0.5, 0.6) is 0 Å². The number of hydrogen-bond donors (Lipinski definition) is 0. The first-order valence-corrected chi connectivity index (χ1v) is 5.67. The van der Waals surface area contributed by atoms with Crippen molar-refractivity contribution in [1.29, 1.82) is 0 Å². The van der Waals surface area contributed by atoms with Gasteiger partial charge in [0.25, 0.3) is 0 Å². The predicted molar refractivity (Wildman–Crippen MR) is 69.5 cm³/mol. The first-order valence-electron chi connectivity index (χ1n) is 5.67. The third kappa shape index (κ3) is 1.67. The topological polar surface area (TPSA) is 3.24 Å². The summed E-state index contributed by atoms with van der Waals surface area (Å²) >= 11 is 0. The van der Waals surface area contributed by atoms with E-state index in [2.05, 4.69) is 63.6 Å². The van der Waals surface area contributed by atoms with Gasteiger partial charge in [-0.05, 0) is 41.7 Å². The van der Waals surface area contributed by atoms with Gasteiger partial charge < -0.3 is 4.90 Å². The van der Waals surface area contributed by atoms with E-state index in [1.165, 1.54) is 16.8 Å². The molecule has 0 aromatic carbocycles. The smallest absolute Gasteiger partial charge is 0.0487 e. The molecule has 2 aliphatic heterocycles. The van der Waals surface area contributed by atoms with Crippen molar-refractivity contribution in [2.45, 2.75) is 27.7 Å². The molecule has 0 saturated heterocycles. The van der Waals surface area contributed by atoms with Gasteiger partial charge in [-0.15, -0.1) is 0 Å². The van der Waals surface area contributed by atoms with Crippen molar-refractivity contribution in [3.8, 4) is 0 Å². The van der Waals surface area contributed by atoms with Crippen molar-refractivity contribution in [1.82, 2.24) is 4.90 Å². The summed E-state index contributed by atoms with van der Waals surface area (Å²) in [6.45, 7) is 13.0. The van der Waals surface area contributed by atoms with Gasteiger partial charge in [-0.25, -0.2) is 0 Å². The van der Waals surface area contributed by atoms with Gasteiger partial charge in [0.1, 0.15) is 0 Å². The van der Waals surface area contributed by atoms with Crippen LogP contribution >= 0.6 is 0 Å². The minimum absolute atomic E-state index is 0.190. The Hall–Kier alpha value is -1.50. The Bertz CT molecular complexity index is 450. The van der Waals surface area contributed by atoms with Gasteiger partial charge in [-0.3, -0.25) is 0 Å². The minimum Gasteiger partial charge on any atom is -0.318 e. The third-order valence-electron chi connectivity index (χ3n) is 3.10. The Morgan fingerprint density at radius 3 is 2.50 bits per heavy atom. The van der Waals surface area contributed by atoms with Crippen LogP contribution in [0.2, 0.25) is 0 Å². The zero-order chi connectivity index (χ0) is 11.9. The van der Waals surface area contributed by atoms with Crippen LogP contribution in [0.15, 0.2) is 59.6 Å². The Morgan fingerprint density at radius 2 is 1.88 bits per heavy atom. The van der Waals surface area contributed by atoms with Crippen molar-refractivity contribution in [2.24, 2.45) is 5.41 Å². The second kappa shape index (κ2) is 3.51. The first-order chi connectivity index (χ1) is 7.41. The molecule has 0 spiro atoms. The molecule has 2 aliphatic rings. The fourth-order valence-corrected chi connectivity index (χ4v) is 2.27. The molecule has 0 bridgehead atoms. The Morgan fingerprint density at radius 1 is 1.19 bits per heavy atom. The van der Waals surface area contributed by atoms with E-state index in [0.29, 0.717) is 0 Å². The Labute approximate surface area is 98.1 Å². The highest BCUT2D eigenvalue weighted by atomic mass is 15.1. The summed E-state index contributed by atoms with van der Waals surface area (Å²) in [6, 6.07) is 0. The van der Waals surface area contributed by atoms with Crippen LogP contribution in [0.25, 0.3) is 0 Å². The highest BCUT2D eigenvalue weighted by Crippen LogP contribution is 2.38. The highest BCUT2D eigenvalue weighted by Gasteiger charge is 2.25. The summed E-state index contributed by atoms with van der Waals surface area (Å²) in [4.78, 5) is 2.14. The molecule has 0 radical (unpaired) electrons. The molecule has 0 aromatic heterocycles. The van der Waals surface area contributed by atoms with E-state index in [-0.39, 0.29) is 5.41 Å². The maximum absolute atomic E-state index is 4.04. The van der Waals surface area contributed by atoms with Crippen LogP contribution in [0.1, 0.15) is 27.7 Å². The number of fused-ring (bicyclic) bond motifs is 1. The molecule has 0 fully saturated rings. The van der Waals surface area contributed by atoms with Crippen LogP contribution in [-0.2, 0) is 0 Å². The normalized spacial score (nSPS) is 20.1. The van der Waals surface area contributed by atoms with E-state index < -0.39 is 0 Å². The third-order valence-corrected chi connectivity index (χ3v) is 3.10. The monoisotopic (exact) mass is 213 g/mol. The van der Waals surface area contributed by atoms with Crippen LogP contribution in [0, 0.1) is 5.41 Å². The van der Waals surface area contributed by atoms with Crippen molar-refractivity contribution in [3.63, 3.8) is 0 Å². The molecule has 0 unspecified atom stereocenters. The maximum Gasteiger partial charge on any atom is 0.0487 e. The van der Waals surface area contributed by atoms with Crippen molar-refractivity contribution >= 4 is 0 Å². The van der Waals surface area contributed by atoms with Crippen molar-refractivity contribution in [3.05, 3.63) is 59.6 Å². The van der Waals surface area contributed by atoms with Gasteiger partial charge in [-0.2, -0.15) is 0 Å². The van der Waals surface area contributed by atoms with Gasteiger partial charge in [-0.1, -0.05) is 33.4 Å². The minimum atomic E-state index is 0.190. The molecule has 0 atom stereocenters. The lowest BCUT2D eigenvalue weighted by atomic mass is 9.81. The molecule has 0 saturated carbocycles. The second-order valence-electron chi connectivity index (χ2n) is 5.38. The Balaban J connectivity index is 2.51. The van der Waals surface area contributed by atoms with E-state index in [0.717, 1.165) is 5.70 Å². The van der Waals surface area contributed by atoms with Crippen LogP contribution < -0.4 is 0 Å². The summed E-state index contributed by atoms with van der Waals surface area (Å²) < 4.78 is 0. The van der Waals surface area contributed by atoms with E-state index in [4.69, 9.17) is 0 Å². The summed E-state index contributed by atoms with van der Waals surface area (Å²) in [5, 5.41) is 0. The summed E-state index contributed by atoms with van der Waals surface area (Å²) in [7, 11) is 0. The highest BCUT2D eigenvalue weighted by molar-refractivity contribution is 5.51. The number of allylic oxidation sites excluding steroid dienone is 6. The summed E-state index contributed by atoms with van der Waals surface area (Å²) in [5.41, 5.74) is 5.22. The quantitative estimate of drug-likeness (QED) is 0.584. The fraction of sp³-hybridized carbons (Fsp3) is 0.333. The first kappa shape index (κ1) is 11.0. The molecular weight excluding hydrogens is 194 g/mol. The van der Waals surface area contributed by atoms with Crippen molar-refractivity contribution < 1.29 is 0 Å². The lowest BCUT2D eigenvalue weighted by molar-refractivity contribution is 0.493. The zero-order valence-corrected chi connectivity index (χ0v) is 10.5. The molecule has 0 aromatic rings. The molecule has 1 heteroatoms. The largest absolute Gasteiger partial charge is 0.318 e. The molecule has 0 amide bonds. The fourth-order valence-electron chi connectivity index (χ4n) is 2.27. The standard InChI is InChI=1S/C15H19N/c1-11-7-6-8-14-12(2)13(15(3,4)5)9-10-16(11)14/h6-10H,1H2,2-5H3. The molecule has 2 rings (SSSR count). The summed E-state index contributed by atoms with van der Waals surface area (Å²) in [5.74, 6) is 0. The number of rotatable bonds is 0. The molecular formula is C15H19N. The van der Waals surface area contributed by atoms with Crippen LogP contribution in [0.4, 0.5) is 0 Å². The molecule has 0 N–H and O–H groups in total. The lowest BCUT2D eigenvalue weighted by Gasteiger charge is -2.35. The van der Waals surface area contributed by atoms with E-state index in [1.54, 1.807) is 0 Å². The van der Waals surface area contributed by atoms with E-state index >= 15 is 0 Å². The van der Waals surface area contributed by atoms with Gasteiger partial charge in [0.05, 0.1) is 0 Å². The van der Waals surface area contributed by atoms with Gasteiger partial charge in [0.15, 0.2) is 0 Å². The van der Waals surface area contributed by atoms with Gasteiger partial charge in [0.2, 0.25) is 0 Å². The molecule has 0 aliphatic carbocycles. The molecule has 16 heavy (non-hydrogen) atoms. The molecule has 2 heterocycles. The van der Waals surface area contributed by atoms with E-state index in [9.17, 15) is 0 Å². The molecule has 1 nitrogen and oxygen atoms in total. The summed E-state index contributed by atoms with van der Waals surface area (Å²) in [6.07, 6.45) is 10.6. The lowest BCUT2D eigenvalue weighted by Crippen LogP contribution is -2.24. The van der Waals surface area contributed by atoms with E-state index in [1.807, 2.05) is 6.08 Å². The van der Waals surface area contributed by atoms with Gasteiger partial charge in [0, 0.05) is 17.6 Å². The average Bonchev–Trinajstić information content (AvgIpc) is 2.18.